The maximum atomic E-state index is 12.2. The number of carbonyl (C=O) groups excluding carboxylic acids is 2. The summed E-state index contributed by atoms with van der Waals surface area (Å²) in [5.41, 5.74) is 2.70. The first kappa shape index (κ1) is 14.6. The summed E-state index contributed by atoms with van der Waals surface area (Å²) < 4.78 is 0. The van der Waals surface area contributed by atoms with Gasteiger partial charge in [-0.3, -0.25) is 4.79 Å². The van der Waals surface area contributed by atoms with Crippen LogP contribution in [0.25, 0.3) is 0 Å². The number of hydrogen-bond acceptors (Lipinski definition) is 3. The molecule has 0 saturated carbocycles. The minimum atomic E-state index is -0.273. The molecule has 1 heterocycles. The molecule has 5 nitrogen and oxygen atoms in total. The fourth-order valence-corrected chi connectivity index (χ4v) is 3.61. The molecule has 114 valence electrons. The molecule has 0 unspecified atom stereocenters. The summed E-state index contributed by atoms with van der Waals surface area (Å²) >= 11 is 1.59. The van der Waals surface area contributed by atoms with Crippen molar-refractivity contribution < 1.29 is 9.59 Å². The molecule has 0 atom stereocenters. The maximum Gasteiger partial charge on any atom is 0.318 e. The maximum absolute atomic E-state index is 12.2. The number of aryl methyl sites for hydroxylation is 2. The van der Waals surface area contributed by atoms with Crippen LogP contribution in [0.15, 0.2) is 30.3 Å². The lowest BCUT2D eigenvalue weighted by Gasteiger charge is -2.07. The van der Waals surface area contributed by atoms with E-state index in [1.54, 1.807) is 42.6 Å². The van der Waals surface area contributed by atoms with Gasteiger partial charge in [0.2, 0.25) is 0 Å². The van der Waals surface area contributed by atoms with Crippen molar-refractivity contribution >= 4 is 34.6 Å². The molecule has 0 bridgehead atoms. The average Bonchev–Trinajstić information content (AvgIpc) is 3.10. The van der Waals surface area contributed by atoms with Crippen molar-refractivity contribution in [1.82, 2.24) is 5.32 Å². The minimum absolute atomic E-state index is 0.0774. The molecule has 0 saturated heterocycles. The Morgan fingerprint density at radius 3 is 2.36 bits per heavy atom. The highest BCUT2D eigenvalue weighted by molar-refractivity contribution is 7.14. The van der Waals surface area contributed by atoms with Gasteiger partial charge in [0.25, 0.3) is 5.91 Å². The second kappa shape index (κ2) is 6.19. The number of nitrogens with one attached hydrogen (secondary N) is 3. The third kappa shape index (κ3) is 3.12. The second-order valence-corrected chi connectivity index (χ2v) is 6.28. The number of thiophene rings is 1. The quantitative estimate of drug-likeness (QED) is 0.814. The number of benzene rings is 1. The van der Waals surface area contributed by atoms with Crippen molar-refractivity contribution in [1.29, 1.82) is 0 Å². The fraction of sp³-hybridized carbons (Fsp3) is 0.250. The van der Waals surface area contributed by atoms with E-state index in [2.05, 4.69) is 16.0 Å². The van der Waals surface area contributed by atoms with Crippen molar-refractivity contribution in [2.45, 2.75) is 19.3 Å². The molecule has 3 amide bonds. The molecule has 2 aromatic rings. The Hall–Kier alpha value is -2.34. The summed E-state index contributed by atoms with van der Waals surface area (Å²) in [7, 11) is 1.56. The zero-order valence-corrected chi connectivity index (χ0v) is 13.0. The normalized spacial score (nSPS) is 12.6. The Balaban J connectivity index is 1.64. The molecule has 0 aliphatic heterocycles. The van der Waals surface area contributed by atoms with Gasteiger partial charge in [0, 0.05) is 23.3 Å². The van der Waals surface area contributed by atoms with E-state index >= 15 is 0 Å². The van der Waals surface area contributed by atoms with Crippen LogP contribution < -0.4 is 16.0 Å². The van der Waals surface area contributed by atoms with Gasteiger partial charge in [0.1, 0.15) is 0 Å². The van der Waals surface area contributed by atoms with Gasteiger partial charge >= 0.3 is 6.03 Å². The van der Waals surface area contributed by atoms with E-state index in [0.717, 1.165) is 17.7 Å². The van der Waals surface area contributed by atoms with Crippen LogP contribution in [0.3, 0.4) is 0 Å². The molecule has 1 aromatic carbocycles. The van der Waals surface area contributed by atoms with E-state index in [1.807, 2.05) is 6.07 Å². The summed E-state index contributed by atoms with van der Waals surface area (Å²) in [6.07, 6.45) is 3.37. The number of anilines is 2. The number of fused-ring (bicyclic) bond motifs is 1. The van der Waals surface area contributed by atoms with Gasteiger partial charge < -0.3 is 16.0 Å². The van der Waals surface area contributed by atoms with Crippen molar-refractivity contribution in [2.75, 3.05) is 17.7 Å². The van der Waals surface area contributed by atoms with Crippen LogP contribution in [0.5, 0.6) is 0 Å². The first-order valence-electron chi connectivity index (χ1n) is 7.17. The molecular formula is C16H17N3O2S. The van der Waals surface area contributed by atoms with Gasteiger partial charge in [-0.25, -0.2) is 4.79 Å². The van der Waals surface area contributed by atoms with E-state index in [9.17, 15) is 9.59 Å². The predicted octanol–water partition coefficient (Wildman–Crippen LogP) is 3.24. The Labute approximate surface area is 132 Å². The zero-order valence-electron chi connectivity index (χ0n) is 12.2. The number of carbonyl (C=O) groups is 2. The van der Waals surface area contributed by atoms with Crippen LogP contribution in [0.4, 0.5) is 16.2 Å². The highest BCUT2D eigenvalue weighted by Crippen LogP contribution is 2.31. The van der Waals surface area contributed by atoms with Crippen LogP contribution in [-0.2, 0) is 12.8 Å². The molecular weight excluding hydrogens is 298 g/mol. The van der Waals surface area contributed by atoms with E-state index in [0.29, 0.717) is 11.4 Å². The Kier molecular flexibility index (Phi) is 4.11. The van der Waals surface area contributed by atoms with Gasteiger partial charge in [0.15, 0.2) is 0 Å². The van der Waals surface area contributed by atoms with Gasteiger partial charge in [-0.2, -0.15) is 0 Å². The van der Waals surface area contributed by atoms with Crippen LogP contribution in [0.1, 0.15) is 26.5 Å². The Bertz CT molecular complexity index is 685. The molecule has 22 heavy (non-hydrogen) atoms. The molecule has 1 aliphatic rings. The van der Waals surface area contributed by atoms with Gasteiger partial charge in [-0.1, -0.05) is 0 Å². The molecule has 0 fully saturated rings. The third-order valence-electron chi connectivity index (χ3n) is 3.60. The number of urea groups is 1. The molecule has 1 aromatic heterocycles. The standard InChI is InChI=1S/C16H17N3O2S/c1-17-16(21)19-12-7-5-11(6-8-12)18-15(20)14-9-10-3-2-4-13(10)22-14/h5-9H,2-4H2,1H3,(H,18,20)(H2,17,19,21). The van der Waals surface area contributed by atoms with Crippen molar-refractivity contribution in [3.63, 3.8) is 0 Å². The molecule has 1 aliphatic carbocycles. The second-order valence-electron chi connectivity index (χ2n) is 5.15. The Morgan fingerprint density at radius 2 is 1.73 bits per heavy atom. The van der Waals surface area contributed by atoms with Crippen molar-refractivity contribution in [3.05, 3.63) is 45.6 Å². The van der Waals surface area contributed by atoms with Crippen LogP contribution in [-0.4, -0.2) is 19.0 Å². The summed E-state index contributed by atoms with van der Waals surface area (Å²) in [5.74, 6) is -0.0774. The highest BCUT2D eigenvalue weighted by atomic mass is 32.1. The monoisotopic (exact) mass is 315 g/mol. The third-order valence-corrected chi connectivity index (χ3v) is 4.83. The molecule has 3 rings (SSSR count). The average molecular weight is 315 g/mol. The largest absolute Gasteiger partial charge is 0.341 e. The zero-order chi connectivity index (χ0) is 15.5. The van der Waals surface area contributed by atoms with Crippen LogP contribution >= 0.6 is 11.3 Å². The lowest BCUT2D eigenvalue weighted by molar-refractivity contribution is 0.103. The molecule has 0 radical (unpaired) electrons. The number of hydrogen-bond donors (Lipinski definition) is 3. The van der Waals surface area contributed by atoms with E-state index in [-0.39, 0.29) is 11.9 Å². The van der Waals surface area contributed by atoms with E-state index in [4.69, 9.17) is 0 Å². The first-order chi connectivity index (χ1) is 10.7. The van der Waals surface area contributed by atoms with E-state index < -0.39 is 0 Å². The first-order valence-corrected chi connectivity index (χ1v) is 7.99. The SMILES string of the molecule is CNC(=O)Nc1ccc(NC(=O)c2cc3c(s2)CCC3)cc1. The fourth-order valence-electron chi connectivity index (χ4n) is 2.46. The van der Waals surface area contributed by atoms with Crippen molar-refractivity contribution in [3.8, 4) is 0 Å². The molecule has 6 heteroatoms. The number of amides is 3. The predicted molar refractivity (Wildman–Crippen MR) is 88.8 cm³/mol. The number of rotatable bonds is 3. The van der Waals surface area contributed by atoms with Crippen LogP contribution in [0, 0.1) is 0 Å². The van der Waals surface area contributed by atoms with Gasteiger partial charge in [0.05, 0.1) is 4.88 Å². The smallest absolute Gasteiger partial charge is 0.318 e. The summed E-state index contributed by atoms with van der Waals surface area (Å²) in [6.45, 7) is 0. The minimum Gasteiger partial charge on any atom is -0.341 e. The topological polar surface area (TPSA) is 70.2 Å². The van der Waals surface area contributed by atoms with Gasteiger partial charge in [-0.05, 0) is 55.2 Å². The highest BCUT2D eigenvalue weighted by Gasteiger charge is 2.18. The Morgan fingerprint density at radius 1 is 1.05 bits per heavy atom. The van der Waals surface area contributed by atoms with Crippen molar-refractivity contribution in [2.24, 2.45) is 0 Å². The van der Waals surface area contributed by atoms with E-state index in [1.165, 1.54) is 16.9 Å². The summed E-state index contributed by atoms with van der Waals surface area (Å²) in [5, 5.41) is 8.04. The lowest BCUT2D eigenvalue weighted by Crippen LogP contribution is -2.24. The molecule has 0 spiro atoms. The summed E-state index contributed by atoms with van der Waals surface area (Å²) in [6, 6.07) is 8.77. The lowest BCUT2D eigenvalue weighted by atomic mass is 10.2. The van der Waals surface area contributed by atoms with Gasteiger partial charge in [-0.15, -0.1) is 11.3 Å². The summed E-state index contributed by atoms with van der Waals surface area (Å²) in [4.78, 5) is 25.6. The molecule has 3 N–H and O–H groups in total. The van der Waals surface area contributed by atoms with Crippen LogP contribution in [0.2, 0.25) is 0 Å².